The second-order valence-electron chi connectivity index (χ2n) is 28.6. The summed E-state index contributed by atoms with van der Waals surface area (Å²) in [6.45, 7) is 40.5. The first-order valence-corrected chi connectivity index (χ1v) is 47.3. The van der Waals surface area contributed by atoms with E-state index in [0.717, 1.165) is 119 Å². The minimum atomic E-state index is -3.03. The van der Waals surface area contributed by atoms with Gasteiger partial charge < -0.3 is 64.5 Å². The van der Waals surface area contributed by atoms with Crippen LogP contribution in [0, 0.1) is 0 Å². The fourth-order valence-corrected chi connectivity index (χ4v) is 27.0. The van der Waals surface area contributed by atoms with E-state index in [0.29, 0.717) is 66.1 Å². The Hall–Kier alpha value is -3.45. The molecule has 4 unspecified atom stereocenters. The maximum atomic E-state index is 6.96. The van der Waals surface area contributed by atoms with Gasteiger partial charge in [0.25, 0.3) is 0 Å². The van der Waals surface area contributed by atoms with Crippen LogP contribution in [0.5, 0.6) is 23.0 Å². The molecule has 0 bridgehead atoms. The highest BCUT2D eigenvalue weighted by Crippen LogP contribution is 2.42. The zero-order valence-electron chi connectivity index (χ0n) is 62.0. The van der Waals surface area contributed by atoms with Crippen LogP contribution in [0.3, 0.4) is 0 Å². The number of epoxide rings is 4. The van der Waals surface area contributed by atoms with Gasteiger partial charge in [0, 0.05) is 62.6 Å². The average Bonchev–Trinajstić information content (AvgIpc) is 1.64. The van der Waals surface area contributed by atoms with Gasteiger partial charge in [-0.05, 0) is 148 Å². The van der Waals surface area contributed by atoms with E-state index < -0.39 is 33.8 Å². The third kappa shape index (κ3) is 23.0. The molecule has 0 aliphatic carbocycles. The van der Waals surface area contributed by atoms with E-state index in [2.05, 4.69) is 149 Å². The Morgan fingerprint density at radius 1 is 0.333 bits per heavy atom. The molecule has 4 saturated heterocycles. The molecule has 96 heavy (non-hydrogen) atoms. The Kier molecular flexibility index (Phi) is 31.0. The SMILES string of the molecule is CCO[Si](CCCc1cc(C(C)(C)c2ccc(OCC3CO3)c(CCC[Si](OCC)(OCC)OCCCC[Si](CC)(CC)CCCc3cc(C(C)(C)c4ccc(OCC5CO5)c(CCC[Si](CC)(CC)CC)c4)ccc3OCC3CO3)c2)ccc1OCC1CO1)(OCC)OCC. The van der Waals surface area contributed by atoms with Gasteiger partial charge >= 0.3 is 17.6 Å². The lowest BCUT2D eigenvalue weighted by molar-refractivity contribution is 0.0654. The molecule has 4 heterocycles. The van der Waals surface area contributed by atoms with Crippen molar-refractivity contribution in [1.82, 2.24) is 0 Å². The van der Waals surface area contributed by atoms with Gasteiger partial charge in [-0.25, -0.2) is 0 Å². The molecule has 4 fully saturated rings. The highest BCUT2D eigenvalue weighted by molar-refractivity contribution is 6.80. The Morgan fingerprint density at radius 3 is 0.865 bits per heavy atom. The van der Waals surface area contributed by atoms with Crippen LogP contribution in [-0.2, 0) is 82.0 Å². The Bertz CT molecular complexity index is 2900. The number of hydrogen-bond donors (Lipinski definition) is 0. The number of hydrogen-bond acceptors (Lipinski definition) is 14. The normalized spacial score (nSPS) is 18.0. The molecule has 4 aliphatic rings. The summed E-state index contributed by atoms with van der Waals surface area (Å²) in [5.41, 5.74) is 9.50. The summed E-state index contributed by atoms with van der Waals surface area (Å²) in [6, 6.07) is 39.6. The zero-order chi connectivity index (χ0) is 68.7. The predicted molar refractivity (Wildman–Crippen MR) is 397 cm³/mol. The van der Waals surface area contributed by atoms with Gasteiger partial charge in [-0.15, -0.1) is 0 Å². The second kappa shape index (κ2) is 38.0. The first-order valence-electron chi connectivity index (χ1n) is 37.8. The first kappa shape index (κ1) is 78.3. The van der Waals surface area contributed by atoms with E-state index in [1.807, 2.05) is 20.8 Å². The quantitative estimate of drug-likeness (QED) is 0.0235. The van der Waals surface area contributed by atoms with Crippen molar-refractivity contribution in [3.8, 4) is 23.0 Å². The maximum Gasteiger partial charge on any atom is 0.500 e. The standard InChI is InChI=1S/C78H126O14Si4/c1-15-87-95(88-16-2,89-17-3)47-29-33-63-51-67(37-41-75(63)85-59-71-55-81-71)78(13,14)68-38-42-76(86-60-72-56-82-72)64(52-68)34-30-48-96(90-18-4,91-19-5)92-43-25-26-44-94(23-9,24-10)46-28-32-62-50-66(36-40-74(62)84-58-70-54-80-70)77(11,12)65-35-39-73(83-57-69-53-79-69)61(49-65)31-27-45-93(20-6,21-7)22-8/h35-42,49-52,69-72H,15-34,43-48,53-60H2,1-14H3. The lowest BCUT2D eigenvalue weighted by Gasteiger charge is -2.31. The Balaban J connectivity index is 0.901. The monoisotopic (exact) mass is 1400 g/mol. The molecule has 14 nitrogen and oxygen atoms in total. The number of rotatable bonds is 53. The van der Waals surface area contributed by atoms with Crippen LogP contribution in [-0.4, -0.2) is 151 Å². The van der Waals surface area contributed by atoms with Crippen LogP contribution in [0.4, 0.5) is 0 Å². The number of aryl methyl sites for hydroxylation is 4. The van der Waals surface area contributed by atoms with E-state index >= 15 is 0 Å². The van der Waals surface area contributed by atoms with Gasteiger partial charge in [0.05, 0.1) is 42.6 Å². The molecular weight excluding hydrogens is 1270 g/mol. The van der Waals surface area contributed by atoms with Crippen molar-refractivity contribution in [3.63, 3.8) is 0 Å². The Morgan fingerprint density at radius 2 is 0.594 bits per heavy atom. The lowest BCUT2D eigenvalue weighted by Crippen LogP contribution is -2.46. The lowest BCUT2D eigenvalue weighted by atomic mass is 9.76. The van der Waals surface area contributed by atoms with Gasteiger partial charge in [0.2, 0.25) is 0 Å². The van der Waals surface area contributed by atoms with Crippen molar-refractivity contribution >= 4 is 33.8 Å². The van der Waals surface area contributed by atoms with E-state index in [4.69, 9.17) is 64.5 Å². The van der Waals surface area contributed by atoms with Crippen LogP contribution in [0.1, 0.15) is 180 Å². The number of benzene rings is 4. The van der Waals surface area contributed by atoms with Crippen LogP contribution in [0.25, 0.3) is 0 Å². The molecule has 8 rings (SSSR count). The van der Waals surface area contributed by atoms with Gasteiger partial charge in [-0.1, -0.05) is 178 Å². The van der Waals surface area contributed by atoms with Crippen molar-refractivity contribution in [2.24, 2.45) is 0 Å². The fourth-order valence-electron chi connectivity index (χ4n) is 14.2. The van der Waals surface area contributed by atoms with Crippen LogP contribution < -0.4 is 18.9 Å². The molecule has 0 saturated carbocycles. The van der Waals surface area contributed by atoms with E-state index in [1.165, 1.54) is 99.3 Å². The van der Waals surface area contributed by atoms with E-state index in [1.54, 1.807) is 0 Å². The highest BCUT2D eigenvalue weighted by atomic mass is 28.4. The second-order valence-corrected chi connectivity index (χ2v) is 45.1. The summed E-state index contributed by atoms with van der Waals surface area (Å²) >= 11 is 0. The molecule has 4 atom stereocenters. The molecule has 0 spiro atoms. The molecule has 18 heteroatoms. The predicted octanol–water partition coefficient (Wildman–Crippen LogP) is 17.7. The fraction of sp³-hybridized carbons (Fsp3) is 0.692. The minimum Gasteiger partial charge on any atom is -0.491 e. The van der Waals surface area contributed by atoms with E-state index in [-0.39, 0.29) is 35.2 Å². The van der Waals surface area contributed by atoms with Crippen molar-refractivity contribution < 1.29 is 64.5 Å². The summed E-state index contributed by atoms with van der Waals surface area (Å²) in [5.74, 6) is 3.83. The Labute approximate surface area is 584 Å². The maximum absolute atomic E-state index is 6.96. The highest BCUT2D eigenvalue weighted by Gasteiger charge is 2.42. The molecule has 4 aromatic rings. The van der Waals surface area contributed by atoms with Gasteiger partial charge in [0.1, 0.15) is 73.8 Å². The molecule has 0 radical (unpaired) electrons. The van der Waals surface area contributed by atoms with Crippen molar-refractivity contribution in [2.75, 3.05) is 92.5 Å². The third-order valence-corrected chi connectivity index (χ3v) is 39.6. The number of ether oxygens (including phenoxy) is 8. The largest absolute Gasteiger partial charge is 0.500 e. The summed E-state index contributed by atoms with van der Waals surface area (Å²) in [5, 5.41) is 0. The van der Waals surface area contributed by atoms with Gasteiger partial charge in [-0.2, -0.15) is 0 Å². The van der Waals surface area contributed by atoms with Gasteiger partial charge in [-0.3, -0.25) is 0 Å². The molecule has 4 aliphatic heterocycles. The smallest absolute Gasteiger partial charge is 0.491 e. The summed E-state index contributed by atoms with van der Waals surface area (Å²) in [7, 11) is -8.67. The molecule has 0 amide bonds. The zero-order valence-corrected chi connectivity index (χ0v) is 66.0. The topological polar surface area (TPSA) is 142 Å². The van der Waals surface area contributed by atoms with Crippen LogP contribution >= 0.6 is 0 Å². The molecule has 538 valence electrons. The third-order valence-electron chi connectivity index (χ3n) is 21.6. The minimum absolute atomic E-state index is 0.142. The molecule has 4 aromatic carbocycles. The summed E-state index contributed by atoms with van der Waals surface area (Å²) in [6.07, 6.45) is 10.5. The molecule has 0 N–H and O–H groups in total. The average molecular weight is 1400 g/mol. The molecular formula is C78H126O14Si4. The van der Waals surface area contributed by atoms with Crippen LogP contribution in [0.15, 0.2) is 72.8 Å². The van der Waals surface area contributed by atoms with Crippen LogP contribution in [0.2, 0.25) is 60.4 Å². The van der Waals surface area contributed by atoms with Crippen molar-refractivity contribution in [1.29, 1.82) is 0 Å². The van der Waals surface area contributed by atoms with Gasteiger partial charge in [0.15, 0.2) is 0 Å². The van der Waals surface area contributed by atoms with E-state index in [9.17, 15) is 0 Å². The van der Waals surface area contributed by atoms with Crippen molar-refractivity contribution in [3.05, 3.63) is 117 Å². The first-order chi connectivity index (χ1) is 46.4. The summed E-state index contributed by atoms with van der Waals surface area (Å²) < 4.78 is 87.3. The number of unbranched alkanes of at least 4 members (excludes halogenated alkanes) is 1. The van der Waals surface area contributed by atoms with Crippen molar-refractivity contribution in [2.45, 2.75) is 257 Å². The summed E-state index contributed by atoms with van der Waals surface area (Å²) in [4.78, 5) is 0. The molecule has 0 aromatic heterocycles.